The second kappa shape index (κ2) is 6.59. The first kappa shape index (κ1) is 17.0. The van der Waals surface area contributed by atoms with Crippen molar-refractivity contribution in [1.29, 1.82) is 0 Å². The number of hydrogen-bond acceptors (Lipinski definition) is 6. The van der Waals surface area contributed by atoms with Gasteiger partial charge in [-0.15, -0.1) is 0 Å². The van der Waals surface area contributed by atoms with Crippen LogP contribution >= 0.6 is 0 Å². The Balaban J connectivity index is 2.07. The molecule has 1 N–H and O–H groups in total. The molecule has 0 saturated carbocycles. The van der Waals surface area contributed by atoms with Crippen LogP contribution in [0.4, 0.5) is 11.5 Å². The molecule has 0 unspecified atom stereocenters. The van der Waals surface area contributed by atoms with Gasteiger partial charge >= 0.3 is 0 Å². The van der Waals surface area contributed by atoms with Crippen LogP contribution in [-0.4, -0.2) is 30.4 Å². The Morgan fingerprint density at radius 1 is 1.23 bits per heavy atom. The van der Waals surface area contributed by atoms with E-state index in [0.717, 1.165) is 0 Å². The molecule has 3 aromatic rings. The van der Waals surface area contributed by atoms with Gasteiger partial charge in [-0.1, -0.05) is 12.1 Å². The molecule has 26 heavy (non-hydrogen) atoms. The summed E-state index contributed by atoms with van der Waals surface area (Å²) in [5.41, 5.74) is -0.659. The summed E-state index contributed by atoms with van der Waals surface area (Å²) in [6, 6.07) is 8.71. The first-order valence-corrected chi connectivity index (χ1v) is 7.52. The first-order valence-electron chi connectivity index (χ1n) is 7.52. The number of nitro groups is 1. The van der Waals surface area contributed by atoms with E-state index in [1.54, 1.807) is 32.3 Å². The fraction of sp³-hybridized carbons (Fsp3) is 0.125. The summed E-state index contributed by atoms with van der Waals surface area (Å²) in [7, 11) is 1.68. The van der Waals surface area contributed by atoms with Crippen LogP contribution in [0.25, 0.3) is 5.69 Å². The number of para-hydroxylation sites is 2. The van der Waals surface area contributed by atoms with Gasteiger partial charge in [-0.25, -0.2) is 4.68 Å². The lowest BCUT2D eigenvalue weighted by Crippen LogP contribution is -2.27. The standard InChI is InChI=1S/C16H14N6O4/c1-10-9-13(23)15(16(24)17-14-7-8-20(2)18-14)19-21(10)11-5-3-4-6-12(11)22(25)26/h3-9H,1-2H3,(H,17,18,24). The number of nitro benzene ring substituents is 1. The van der Waals surface area contributed by atoms with E-state index >= 15 is 0 Å². The zero-order valence-electron chi connectivity index (χ0n) is 13.9. The molecule has 0 aliphatic carbocycles. The Labute approximate surface area is 146 Å². The molecule has 0 saturated heterocycles. The van der Waals surface area contributed by atoms with Crippen molar-refractivity contribution in [2.45, 2.75) is 6.92 Å². The van der Waals surface area contributed by atoms with Gasteiger partial charge in [-0.05, 0) is 13.0 Å². The van der Waals surface area contributed by atoms with Crippen molar-refractivity contribution < 1.29 is 9.72 Å². The lowest BCUT2D eigenvalue weighted by atomic mass is 10.2. The molecule has 3 rings (SSSR count). The van der Waals surface area contributed by atoms with Gasteiger partial charge < -0.3 is 5.32 Å². The summed E-state index contributed by atoms with van der Waals surface area (Å²) in [5, 5.41) is 21.8. The Kier molecular flexibility index (Phi) is 4.31. The number of benzene rings is 1. The van der Waals surface area contributed by atoms with Crippen LogP contribution in [0.15, 0.2) is 47.4 Å². The zero-order valence-corrected chi connectivity index (χ0v) is 13.9. The van der Waals surface area contributed by atoms with Gasteiger partial charge in [-0.3, -0.25) is 24.4 Å². The molecule has 0 radical (unpaired) electrons. The molecule has 0 bridgehead atoms. The van der Waals surface area contributed by atoms with Gasteiger partial charge in [0.05, 0.1) is 4.92 Å². The monoisotopic (exact) mass is 354 g/mol. The minimum Gasteiger partial charge on any atom is -0.304 e. The summed E-state index contributed by atoms with van der Waals surface area (Å²) in [4.78, 5) is 35.3. The predicted octanol–water partition coefficient (Wildman–Crippen LogP) is 1.43. The number of anilines is 1. The fourth-order valence-electron chi connectivity index (χ4n) is 2.40. The molecular formula is C16H14N6O4. The molecule has 0 aliphatic rings. The summed E-state index contributed by atoms with van der Waals surface area (Å²) < 4.78 is 2.69. The normalized spacial score (nSPS) is 10.5. The van der Waals surface area contributed by atoms with Gasteiger partial charge in [0.15, 0.2) is 11.5 Å². The maximum Gasteiger partial charge on any atom is 0.294 e. The molecular weight excluding hydrogens is 340 g/mol. The second-order valence-electron chi connectivity index (χ2n) is 5.48. The molecule has 0 aliphatic heterocycles. The third-order valence-electron chi connectivity index (χ3n) is 3.58. The lowest BCUT2D eigenvalue weighted by molar-refractivity contribution is -0.384. The summed E-state index contributed by atoms with van der Waals surface area (Å²) in [6.07, 6.45) is 1.63. The van der Waals surface area contributed by atoms with Crippen LogP contribution in [0.1, 0.15) is 16.2 Å². The number of hydrogen-bond donors (Lipinski definition) is 1. The maximum atomic E-state index is 12.4. The minimum absolute atomic E-state index is 0.155. The summed E-state index contributed by atoms with van der Waals surface area (Å²) in [6.45, 7) is 1.57. The quantitative estimate of drug-likeness (QED) is 0.558. The third kappa shape index (κ3) is 3.20. The Morgan fingerprint density at radius 2 is 1.96 bits per heavy atom. The highest BCUT2D eigenvalue weighted by Gasteiger charge is 2.20. The molecule has 2 heterocycles. The van der Waals surface area contributed by atoms with Gasteiger partial charge in [-0.2, -0.15) is 10.2 Å². The number of aromatic nitrogens is 4. The van der Waals surface area contributed by atoms with E-state index < -0.39 is 16.3 Å². The molecule has 2 aromatic heterocycles. The molecule has 1 amide bonds. The number of nitrogens with zero attached hydrogens (tertiary/aromatic N) is 5. The van der Waals surface area contributed by atoms with Crippen LogP contribution in [-0.2, 0) is 7.05 Å². The van der Waals surface area contributed by atoms with E-state index in [0.29, 0.717) is 5.69 Å². The Bertz CT molecular complexity index is 1070. The van der Waals surface area contributed by atoms with Gasteiger partial charge in [0.25, 0.3) is 11.6 Å². The molecule has 1 aromatic carbocycles. The lowest BCUT2D eigenvalue weighted by Gasteiger charge is -2.11. The number of carbonyl (C=O) groups excluding carboxylic acids is 1. The van der Waals surface area contributed by atoms with E-state index in [2.05, 4.69) is 15.5 Å². The van der Waals surface area contributed by atoms with Gasteiger partial charge in [0.1, 0.15) is 5.69 Å². The van der Waals surface area contributed by atoms with Crippen molar-refractivity contribution in [3.63, 3.8) is 0 Å². The largest absolute Gasteiger partial charge is 0.304 e. The average Bonchev–Trinajstić information content (AvgIpc) is 2.99. The SMILES string of the molecule is Cc1cc(=O)c(C(=O)Nc2ccn(C)n2)nn1-c1ccccc1[N+](=O)[O-]. The Morgan fingerprint density at radius 3 is 2.62 bits per heavy atom. The number of carbonyl (C=O) groups is 1. The van der Waals surface area contributed by atoms with E-state index in [-0.39, 0.29) is 22.9 Å². The van der Waals surface area contributed by atoms with Crippen molar-refractivity contribution >= 4 is 17.4 Å². The molecule has 0 fully saturated rings. The summed E-state index contributed by atoms with van der Waals surface area (Å²) >= 11 is 0. The highest BCUT2D eigenvalue weighted by atomic mass is 16.6. The van der Waals surface area contributed by atoms with Gasteiger partial charge in [0, 0.05) is 37.1 Å². The minimum atomic E-state index is -0.749. The highest BCUT2D eigenvalue weighted by molar-refractivity contribution is 6.02. The molecule has 132 valence electrons. The van der Waals surface area contributed by atoms with Crippen molar-refractivity contribution in [3.8, 4) is 5.69 Å². The van der Waals surface area contributed by atoms with E-state index in [4.69, 9.17) is 0 Å². The van der Waals surface area contributed by atoms with Gasteiger partial charge in [0.2, 0.25) is 5.43 Å². The summed E-state index contributed by atoms with van der Waals surface area (Å²) in [5.74, 6) is -0.488. The van der Waals surface area contributed by atoms with Crippen LogP contribution in [0.5, 0.6) is 0 Å². The highest BCUT2D eigenvalue weighted by Crippen LogP contribution is 2.22. The Hall–Kier alpha value is -3.82. The smallest absolute Gasteiger partial charge is 0.294 e. The van der Waals surface area contributed by atoms with Crippen LogP contribution < -0.4 is 10.7 Å². The van der Waals surface area contributed by atoms with Crippen molar-refractivity contribution in [2.75, 3.05) is 5.32 Å². The average molecular weight is 354 g/mol. The first-order chi connectivity index (χ1) is 12.4. The topological polar surface area (TPSA) is 125 Å². The van der Waals surface area contributed by atoms with E-state index in [1.807, 2.05) is 0 Å². The zero-order chi connectivity index (χ0) is 18.8. The number of aryl methyl sites for hydroxylation is 2. The third-order valence-corrected chi connectivity index (χ3v) is 3.58. The van der Waals surface area contributed by atoms with Crippen LogP contribution in [0.3, 0.4) is 0 Å². The van der Waals surface area contributed by atoms with Crippen LogP contribution in [0, 0.1) is 17.0 Å². The maximum absolute atomic E-state index is 12.4. The fourth-order valence-corrected chi connectivity index (χ4v) is 2.40. The van der Waals surface area contributed by atoms with Crippen molar-refractivity contribution in [2.24, 2.45) is 7.05 Å². The molecule has 0 atom stereocenters. The van der Waals surface area contributed by atoms with Crippen molar-refractivity contribution in [1.82, 2.24) is 19.6 Å². The number of rotatable bonds is 4. The number of amides is 1. The molecule has 10 heteroatoms. The second-order valence-corrected chi connectivity index (χ2v) is 5.48. The predicted molar refractivity (Wildman–Crippen MR) is 92.4 cm³/mol. The molecule has 10 nitrogen and oxygen atoms in total. The molecule has 0 spiro atoms. The van der Waals surface area contributed by atoms with E-state index in [1.165, 1.54) is 33.6 Å². The van der Waals surface area contributed by atoms with E-state index in [9.17, 15) is 19.7 Å². The van der Waals surface area contributed by atoms with Crippen LogP contribution in [0.2, 0.25) is 0 Å². The van der Waals surface area contributed by atoms with Crippen molar-refractivity contribution in [3.05, 3.63) is 74.3 Å². The number of nitrogens with one attached hydrogen (secondary N) is 1.